The number of nitrogens with one attached hydrogen (secondary N) is 1. The van der Waals surface area contributed by atoms with Gasteiger partial charge in [-0.15, -0.1) is 0 Å². The Kier molecular flexibility index (Phi) is 7.02. The first-order valence-electron chi connectivity index (χ1n) is 9.46. The third-order valence-electron chi connectivity index (χ3n) is 4.76. The lowest BCUT2D eigenvalue weighted by atomic mass is 10.1. The van der Waals surface area contributed by atoms with Crippen molar-refractivity contribution in [2.45, 2.75) is 19.2 Å². The van der Waals surface area contributed by atoms with Crippen LogP contribution in [0.5, 0.6) is 5.75 Å². The summed E-state index contributed by atoms with van der Waals surface area (Å²) in [5.74, 6) is 0.675. The molecule has 1 atom stereocenters. The molecule has 3 amide bonds. The summed E-state index contributed by atoms with van der Waals surface area (Å²) in [4.78, 5) is 31.9. The van der Waals surface area contributed by atoms with Gasteiger partial charge >= 0.3 is 6.03 Å². The summed E-state index contributed by atoms with van der Waals surface area (Å²) in [5, 5.41) is 2.93. The average molecular weight is 398 g/mol. The summed E-state index contributed by atoms with van der Waals surface area (Å²) in [7, 11) is 3.35. The van der Waals surface area contributed by atoms with Crippen LogP contribution < -0.4 is 10.1 Å². The quantitative estimate of drug-likeness (QED) is 0.767. The molecular formula is C21H26N4O4. The van der Waals surface area contributed by atoms with E-state index in [4.69, 9.17) is 9.47 Å². The number of ether oxygens (including phenoxy) is 2. The average Bonchev–Trinajstić information content (AvgIpc) is 2.75. The molecule has 8 heteroatoms. The normalized spacial score (nSPS) is 16.4. The maximum absolute atomic E-state index is 13.0. The first-order valence-corrected chi connectivity index (χ1v) is 9.46. The van der Waals surface area contributed by atoms with Crippen molar-refractivity contribution in [1.82, 2.24) is 20.1 Å². The first kappa shape index (κ1) is 20.6. The Labute approximate surface area is 170 Å². The van der Waals surface area contributed by atoms with Crippen molar-refractivity contribution in [2.75, 3.05) is 33.9 Å². The van der Waals surface area contributed by atoms with Crippen LogP contribution in [0, 0.1) is 0 Å². The molecule has 29 heavy (non-hydrogen) atoms. The minimum atomic E-state index is -0.229. The number of morpholine rings is 1. The molecule has 1 aromatic carbocycles. The third-order valence-corrected chi connectivity index (χ3v) is 4.76. The fourth-order valence-electron chi connectivity index (χ4n) is 3.15. The van der Waals surface area contributed by atoms with Crippen molar-refractivity contribution in [3.05, 3.63) is 59.9 Å². The second kappa shape index (κ2) is 9.88. The predicted molar refractivity (Wildman–Crippen MR) is 107 cm³/mol. The van der Waals surface area contributed by atoms with Crippen molar-refractivity contribution in [1.29, 1.82) is 0 Å². The van der Waals surface area contributed by atoms with Crippen LogP contribution >= 0.6 is 0 Å². The molecule has 0 radical (unpaired) electrons. The number of benzene rings is 1. The summed E-state index contributed by atoms with van der Waals surface area (Å²) >= 11 is 0. The Bertz CT molecular complexity index is 830. The van der Waals surface area contributed by atoms with E-state index in [1.54, 1.807) is 36.4 Å². The number of carbonyl (C=O) groups is 2. The van der Waals surface area contributed by atoms with E-state index in [0.717, 1.165) is 16.9 Å². The standard InChI is InChI=1S/C21H26N4O4/c1-24-14-18(29-15-20(24)26)11-23-21(27)25(12-16-6-5-9-22-10-16)13-17-7-3-4-8-19(17)28-2/h3-10,18H,11-15H2,1-2H3,(H,23,27)/t18-/m1/s1. The van der Waals surface area contributed by atoms with E-state index in [0.29, 0.717) is 26.2 Å². The zero-order valence-corrected chi connectivity index (χ0v) is 16.7. The van der Waals surface area contributed by atoms with Gasteiger partial charge in [0.1, 0.15) is 12.4 Å². The van der Waals surface area contributed by atoms with E-state index in [1.807, 2.05) is 36.4 Å². The van der Waals surface area contributed by atoms with E-state index in [-0.39, 0.29) is 24.6 Å². The molecule has 1 N–H and O–H groups in total. The van der Waals surface area contributed by atoms with Gasteiger partial charge in [-0.2, -0.15) is 0 Å². The lowest BCUT2D eigenvalue weighted by Crippen LogP contribution is -2.50. The number of likely N-dealkylation sites (N-methyl/N-ethyl adjacent to an activating group) is 1. The molecule has 1 aromatic heterocycles. The summed E-state index contributed by atoms with van der Waals surface area (Å²) in [5.41, 5.74) is 1.84. The van der Waals surface area contributed by atoms with E-state index in [2.05, 4.69) is 10.3 Å². The van der Waals surface area contributed by atoms with E-state index in [1.165, 1.54) is 0 Å². The minimum Gasteiger partial charge on any atom is -0.496 e. The lowest BCUT2D eigenvalue weighted by molar-refractivity contribution is -0.146. The number of para-hydroxylation sites is 1. The zero-order chi connectivity index (χ0) is 20.6. The largest absolute Gasteiger partial charge is 0.496 e. The van der Waals surface area contributed by atoms with Crippen LogP contribution in [0.4, 0.5) is 4.79 Å². The van der Waals surface area contributed by atoms with Crippen LogP contribution in [0.15, 0.2) is 48.8 Å². The molecule has 0 unspecified atom stereocenters. The van der Waals surface area contributed by atoms with Crippen molar-refractivity contribution in [3.63, 3.8) is 0 Å². The van der Waals surface area contributed by atoms with E-state index < -0.39 is 0 Å². The number of urea groups is 1. The first-order chi connectivity index (χ1) is 14.1. The van der Waals surface area contributed by atoms with Gasteiger partial charge < -0.3 is 24.6 Å². The molecule has 0 bridgehead atoms. The van der Waals surface area contributed by atoms with Crippen molar-refractivity contribution in [2.24, 2.45) is 0 Å². The van der Waals surface area contributed by atoms with Crippen molar-refractivity contribution in [3.8, 4) is 5.75 Å². The predicted octanol–water partition coefficient (Wildman–Crippen LogP) is 1.66. The number of pyridine rings is 1. The third kappa shape index (κ3) is 5.68. The summed E-state index contributed by atoms with van der Waals surface area (Å²) in [6, 6.07) is 11.2. The molecule has 1 fully saturated rings. The second-order valence-electron chi connectivity index (χ2n) is 6.92. The van der Waals surface area contributed by atoms with Crippen LogP contribution in [-0.2, 0) is 22.6 Å². The number of methoxy groups -OCH3 is 1. The molecule has 2 aromatic rings. The fourth-order valence-corrected chi connectivity index (χ4v) is 3.15. The number of aromatic nitrogens is 1. The molecule has 1 aliphatic rings. The number of carbonyl (C=O) groups excluding carboxylic acids is 2. The van der Waals surface area contributed by atoms with Crippen LogP contribution in [0.1, 0.15) is 11.1 Å². The van der Waals surface area contributed by atoms with Gasteiger partial charge in [0.05, 0.1) is 19.8 Å². The lowest BCUT2D eigenvalue weighted by Gasteiger charge is -2.31. The van der Waals surface area contributed by atoms with E-state index >= 15 is 0 Å². The molecule has 0 spiro atoms. The molecule has 154 valence electrons. The number of rotatable bonds is 7. The van der Waals surface area contributed by atoms with Crippen molar-refractivity contribution >= 4 is 11.9 Å². The maximum Gasteiger partial charge on any atom is 0.318 e. The number of amides is 3. The second-order valence-corrected chi connectivity index (χ2v) is 6.92. The highest BCUT2D eigenvalue weighted by Gasteiger charge is 2.25. The molecule has 2 heterocycles. The molecule has 8 nitrogen and oxygen atoms in total. The molecule has 0 aliphatic carbocycles. The molecule has 0 saturated carbocycles. The minimum absolute atomic E-state index is 0.0393. The van der Waals surface area contributed by atoms with E-state index in [9.17, 15) is 9.59 Å². The van der Waals surface area contributed by atoms with Gasteiger partial charge in [-0.25, -0.2) is 4.79 Å². The number of nitrogens with zero attached hydrogens (tertiary/aromatic N) is 3. The molecule has 3 rings (SSSR count). The van der Waals surface area contributed by atoms with Gasteiger partial charge in [-0.3, -0.25) is 9.78 Å². The monoisotopic (exact) mass is 398 g/mol. The summed E-state index contributed by atoms with van der Waals surface area (Å²) in [6.45, 7) is 1.61. The molecule has 1 aliphatic heterocycles. The van der Waals surface area contributed by atoms with Gasteiger partial charge in [0.25, 0.3) is 0 Å². The molecule has 1 saturated heterocycles. The Hall–Kier alpha value is -3.13. The summed E-state index contributed by atoms with van der Waals surface area (Å²) in [6.07, 6.45) is 3.22. The fraction of sp³-hybridized carbons (Fsp3) is 0.381. The van der Waals surface area contributed by atoms with Crippen LogP contribution in [0.25, 0.3) is 0 Å². The van der Waals surface area contributed by atoms with Gasteiger partial charge in [0.15, 0.2) is 0 Å². The van der Waals surface area contributed by atoms with Gasteiger partial charge in [0, 0.05) is 44.6 Å². The Morgan fingerprint density at radius 2 is 2.14 bits per heavy atom. The zero-order valence-electron chi connectivity index (χ0n) is 16.7. The Morgan fingerprint density at radius 3 is 2.86 bits per heavy atom. The van der Waals surface area contributed by atoms with Crippen LogP contribution in [0.2, 0.25) is 0 Å². The topological polar surface area (TPSA) is 84.0 Å². The van der Waals surface area contributed by atoms with Crippen LogP contribution in [-0.4, -0.2) is 66.7 Å². The number of hydrogen-bond acceptors (Lipinski definition) is 5. The Balaban J connectivity index is 1.68. The number of hydrogen-bond donors (Lipinski definition) is 1. The Morgan fingerprint density at radius 1 is 1.31 bits per heavy atom. The SMILES string of the molecule is COc1ccccc1CN(Cc1cccnc1)C(=O)NC[C@@H]1CN(C)C(=O)CO1. The smallest absolute Gasteiger partial charge is 0.318 e. The summed E-state index contributed by atoms with van der Waals surface area (Å²) < 4.78 is 10.9. The highest BCUT2D eigenvalue weighted by atomic mass is 16.5. The highest BCUT2D eigenvalue weighted by Crippen LogP contribution is 2.20. The van der Waals surface area contributed by atoms with Crippen LogP contribution in [0.3, 0.4) is 0 Å². The van der Waals surface area contributed by atoms with Gasteiger partial charge in [0.2, 0.25) is 5.91 Å². The van der Waals surface area contributed by atoms with Crippen molar-refractivity contribution < 1.29 is 19.1 Å². The van der Waals surface area contributed by atoms with Gasteiger partial charge in [-0.05, 0) is 17.7 Å². The van der Waals surface area contributed by atoms with Gasteiger partial charge in [-0.1, -0.05) is 24.3 Å². The maximum atomic E-state index is 13.0. The molecular weight excluding hydrogens is 372 g/mol. The highest BCUT2D eigenvalue weighted by molar-refractivity contribution is 5.78.